The largest absolute Gasteiger partial charge is 2.00 e. The van der Waals surface area contributed by atoms with Gasteiger partial charge in [0.1, 0.15) is 0 Å². The second-order valence-corrected chi connectivity index (χ2v) is 22.5. The van der Waals surface area contributed by atoms with E-state index in [0.717, 1.165) is 22.1 Å². The molecule has 5 aromatic carbocycles. The predicted molar refractivity (Wildman–Crippen MR) is 244 cm³/mol. The maximum absolute atomic E-state index is 10.7. The Labute approximate surface area is 394 Å². The molecule has 326 valence electrons. The molecule has 0 radical (unpaired) electrons. The van der Waals surface area contributed by atoms with E-state index in [1.165, 1.54) is 46.3 Å². The smallest absolute Gasteiger partial charge is 0.214 e. The van der Waals surface area contributed by atoms with Crippen molar-refractivity contribution >= 4 is 87.2 Å². The molecule has 0 aromatic heterocycles. The summed E-state index contributed by atoms with van der Waals surface area (Å²) < 4.78 is 59.8. The van der Waals surface area contributed by atoms with Crippen LogP contribution >= 0.6 is 39.3 Å². The number of benzene rings is 4. The van der Waals surface area contributed by atoms with E-state index in [4.69, 9.17) is 0 Å². The molecule has 0 heterocycles. The van der Waals surface area contributed by atoms with Gasteiger partial charge in [0.25, 0.3) is 0 Å². The molecule has 5 aromatic rings. The molecular weight excluding hydrogens is 1090 g/mol. The topological polar surface area (TPSA) is 0 Å². The van der Waals surface area contributed by atoms with Crippen LogP contribution in [0.4, 0.5) is 25.2 Å². The summed E-state index contributed by atoms with van der Waals surface area (Å²) in [6, 6.07) is 51.2. The van der Waals surface area contributed by atoms with Crippen molar-refractivity contribution in [2.45, 2.75) is 92.4 Å². The molecule has 0 saturated carbocycles. The van der Waals surface area contributed by atoms with E-state index < -0.39 is 15.7 Å². The van der Waals surface area contributed by atoms with Crippen molar-refractivity contribution in [3.8, 4) is 0 Å². The van der Waals surface area contributed by atoms with Crippen LogP contribution in [-0.4, -0.2) is 41.5 Å². The number of unbranched alkanes of at least 4 members (excludes halogenated alkanes) is 2. The van der Waals surface area contributed by atoms with Gasteiger partial charge in [-0.25, -0.2) is 12.1 Å². The van der Waals surface area contributed by atoms with Gasteiger partial charge in [-0.2, -0.15) is 18.2 Å². The van der Waals surface area contributed by atoms with Gasteiger partial charge in [-0.1, -0.05) is 124 Å². The van der Waals surface area contributed by atoms with E-state index in [9.17, 15) is 25.2 Å². The standard InChI is InChI=1S/C18H15P.C16H26S2Se2.C5H5.C5H12.F6P.Ni.Ru/c1-4-10-16(11-5-1)19(17-12-6-2-7-13-17)18-14-8-3-9-15-18;1-15(2,11-19)17-9-13-7-5-6-8-14(13)10-18-16(3,4)12-20;1-2-4-5-3-1;1-3-5-4-2;1-7(2,3,4,5)6;;/h1-15H;5-8,19-20H,9-12H2,1-4H3;1-5H;3-5H2,1-2H3;;;/q;;-1;;-1;2*+2/p-2. The first-order valence-corrected chi connectivity index (χ1v) is 26.1. The van der Waals surface area contributed by atoms with Crippen LogP contribution in [0.5, 0.6) is 0 Å². The zero-order valence-corrected chi connectivity index (χ0v) is 43.3. The van der Waals surface area contributed by atoms with Gasteiger partial charge >= 0.3 is 219 Å². The molecule has 0 bridgehead atoms. The maximum Gasteiger partial charge on any atom is 2.00 e. The Kier molecular flexibility index (Phi) is 29.8. The van der Waals surface area contributed by atoms with Gasteiger partial charge < -0.3 is 0 Å². The van der Waals surface area contributed by atoms with Crippen molar-refractivity contribution in [1.29, 1.82) is 0 Å². The molecule has 0 amide bonds. The van der Waals surface area contributed by atoms with E-state index >= 15 is 0 Å². The molecule has 58 heavy (non-hydrogen) atoms. The molecule has 0 nitrogen and oxygen atoms in total. The summed E-state index contributed by atoms with van der Waals surface area (Å²) in [4.78, 5) is 0. The Morgan fingerprint density at radius 3 is 1.02 bits per heavy atom. The van der Waals surface area contributed by atoms with Crippen LogP contribution in [0.15, 0.2) is 146 Å². The fourth-order valence-corrected chi connectivity index (χ4v) is 9.50. The van der Waals surface area contributed by atoms with Gasteiger partial charge in [-0.3, -0.25) is 0 Å². The van der Waals surface area contributed by atoms with Gasteiger partial charge in [0, 0.05) is 0 Å². The average Bonchev–Trinajstić information content (AvgIpc) is 3.76. The molecule has 0 aliphatic heterocycles. The zero-order valence-electron chi connectivity index (χ0n) is 33.8. The predicted octanol–water partition coefficient (Wildman–Crippen LogP) is 15.3. The van der Waals surface area contributed by atoms with Crippen LogP contribution in [0.3, 0.4) is 0 Å². The van der Waals surface area contributed by atoms with Crippen LogP contribution in [0.25, 0.3) is 0 Å². The monoisotopic (exact) mass is 1140 g/mol. The third kappa shape index (κ3) is 32.3. The van der Waals surface area contributed by atoms with Gasteiger partial charge in [0.15, 0.2) is 0 Å². The molecular formula is C44H56F6NiP2RuS2Se2. The second kappa shape index (κ2) is 29.0. The fraction of sp³-hybridized carbons (Fsp3) is 0.341. The fourth-order valence-electron chi connectivity index (χ4n) is 4.32. The number of hydrogen-bond acceptors (Lipinski definition) is 2. The van der Waals surface area contributed by atoms with E-state index in [2.05, 4.69) is 189 Å². The first kappa shape index (κ1) is 59.6. The van der Waals surface area contributed by atoms with Crippen molar-refractivity contribution in [1.82, 2.24) is 0 Å². The Hall–Kier alpha value is -0.474. The summed E-state index contributed by atoms with van der Waals surface area (Å²) in [5.74, 6) is 2.20. The number of thioether (sulfide) groups is 2. The van der Waals surface area contributed by atoms with Gasteiger partial charge in [-0.05, 0) is 23.8 Å². The van der Waals surface area contributed by atoms with Gasteiger partial charge in [0.2, 0.25) is 0 Å². The van der Waals surface area contributed by atoms with Crippen LogP contribution in [0, 0.1) is 0 Å². The Morgan fingerprint density at radius 1 is 0.534 bits per heavy atom. The molecule has 0 atom stereocenters. The van der Waals surface area contributed by atoms with Crippen LogP contribution < -0.4 is 15.9 Å². The van der Waals surface area contributed by atoms with E-state index in [-0.39, 0.29) is 36.0 Å². The quantitative estimate of drug-likeness (QED) is 0.0499. The summed E-state index contributed by atoms with van der Waals surface area (Å²) in [5, 5.41) is 6.38. The third-order valence-corrected chi connectivity index (χ3v) is 16.4. The molecule has 0 saturated heterocycles. The van der Waals surface area contributed by atoms with Crippen LogP contribution in [0.1, 0.15) is 71.9 Å². The number of halogens is 6. The van der Waals surface area contributed by atoms with Crippen LogP contribution in [-0.2, 0) is 47.5 Å². The molecule has 14 heteroatoms. The van der Waals surface area contributed by atoms with Crippen molar-refractivity contribution in [2.75, 3.05) is 0 Å². The molecule has 0 N–H and O–H groups in total. The van der Waals surface area contributed by atoms with Crippen LogP contribution in [0.2, 0.25) is 10.6 Å². The number of hydrogen-bond donors (Lipinski definition) is 0. The first-order valence-electron chi connectivity index (χ1n) is 18.3. The van der Waals surface area contributed by atoms with Crippen molar-refractivity contribution in [3.05, 3.63) is 157 Å². The Bertz CT molecular complexity index is 1560. The van der Waals surface area contributed by atoms with E-state index in [0.29, 0.717) is 9.49 Å². The SMILES string of the molecule is CC(C)(C[Se-])SCc1ccccc1CSC(C)(C)C[Se-].CCCCC.F[P-](F)(F)(F)(F)F.[Ni+2].[Ru+2].c1cc[cH-]c1.c1ccc(P(c2ccccc2)c2ccccc2)cc1. The second-order valence-electron chi connectivity index (χ2n) is 13.8. The summed E-state index contributed by atoms with van der Waals surface area (Å²) in [7, 11) is -11.1. The van der Waals surface area contributed by atoms with E-state index in [1.54, 1.807) is 0 Å². The summed E-state index contributed by atoms with van der Waals surface area (Å²) in [6.07, 6.45) is 4.08. The molecule has 0 spiro atoms. The minimum Gasteiger partial charge on any atom is -0.214 e. The molecule has 0 aliphatic rings. The Morgan fingerprint density at radius 2 is 0.810 bits per heavy atom. The van der Waals surface area contributed by atoms with Crippen molar-refractivity contribution in [2.24, 2.45) is 0 Å². The average molecular weight is 1140 g/mol. The summed E-state index contributed by atoms with van der Waals surface area (Å²) in [6.45, 7) is 13.7. The third-order valence-electron chi connectivity index (χ3n) is 7.36. The molecule has 0 unspecified atom stereocenters. The molecule has 5 rings (SSSR count). The Balaban J connectivity index is 0. The molecule has 0 fully saturated rings. The zero-order chi connectivity index (χ0) is 42.2. The normalized spacial score (nSPS) is 12.1. The first-order chi connectivity index (χ1) is 26.1. The minimum absolute atomic E-state index is 0. The molecule has 0 aliphatic carbocycles. The van der Waals surface area contributed by atoms with Gasteiger partial charge in [0.05, 0.1) is 0 Å². The minimum atomic E-state index is -10.7. The van der Waals surface area contributed by atoms with Crippen molar-refractivity contribution < 1.29 is 61.2 Å². The van der Waals surface area contributed by atoms with E-state index in [1.807, 2.05) is 53.9 Å². The number of rotatable bonds is 13. The van der Waals surface area contributed by atoms with Gasteiger partial charge in [-0.15, -0.1) is 0 Å². The summed E-state index contributed by atoms with van der Waals surface area (Å²) in [5.41, 5.74) is 2.98. The van der Waals surface area contributed by atoms with Crippen molar-refractivity contribution in [3.63, 3.8) is 0 Å². The maximum atomic E-state index is 9.87. The summed E-state index contributed by atoms with van der Waals surface area (Å²) >= 11 is 10.4.